The molecule has 8 heteroatoms. The molecule has 1 aromatic rings. The Morgan fingerprint density at radius 2 is 1.72 bits per heavy atom. The van der Waals surface area contributed by atoms with Gasteiger partial charge in [-0.15, -0.1) is 0 Å². The fraction of sp³-hybridized carbons (Fsp3) is 0.300. The van der Waals surface area contributed by atoms with Crippen LogP contribution in [0.3, 0.4) is 0 Å². The van der Waals surface area contributed by atoms with E-state index in [1.807, 2.05) is 0 Å². The normalized spacial score (nSPS) is 11.4. The van der Waals surface area contributed by atoms with E-state index in [0.29, 0.717) is 4.90 Å². The van der Waals surface area contributed by atoms with Crippen molar-refractivity contribution in [1.82, 2.24) is 4.90 Å². The number of amides is 1. The van der Waals surface area contributed by atoms with Crippen LogP contribution in [0.15, 0.2) is 12.1 Å². The van der Waals surface area contributed by atoms with E-state index in [-0.39, 0.29) is 12.1 Å². The zero-order valence-corrected chi connectivity index (χ0v) is 9.05. The fourth-order valence-corrected chi connectivity index (χ4v) is 1.22. The van der Waals surface area contributed by atoms with Crippen molar-refractivity contribution in [1.29, 1.82) is 0 Å². The van der Waals surface area contributed by atoms with Crippen LogP contribution in [-0.4, -0.2) is 23.1 Å². The number of benzene rings is 1. The summed E-state index contributed by atoms with van der Waals surface area (Å²) in [7, 11) is 1.04. The van der Waals surface area contributed by atoms with Gasteiger partial charge in [-0.05, 0) is 12.1 Å². The lowest BCUT2D eigenvalue weighted by molar-refractivity contribution is -0.138. The third-order valence-electron chi connectivity index (χ3n) is 2.19. The fourth-order valence-electron chi connectivity index (χ4n) is 1.22. The van der Waals surface area contributed by atoms with Gasteiger partial charge in [0.05, 0.1) is 12.1 Å². The standard InChI is InChI=1S/C10H8F5NO2/c1-16(9(17)18)4-6-7(11)2-5(3-8(6)12)10(13,14)15/h2-3H,4H2,1H3,(H,17,18). The quantitative estimate of drug-likeness (QED) is 0.838. The minimum absolute atomic E-state index is 0.133. The smallest absolute Gasteiger partial charge is 0.416 e. The van der Waals surface area contributed by atoms with Crippen LogP contribution in [0, 0.1) is 11.6 Å². The molecule has 3 nitrogen and oxygen atoms in total. The molecule has 0 aliphatic rings. The first-order valence-corrected chi connectivity index (χ1v) is 4.62. The molecule has 1 amide bonds. The number of hydrogen-bond donors (Lipinski definition) is 1. The lowest BCUT2D eigenvalue weighted by Crippen LogP contribution is -2.25. The third kappa shape index (κ3) is 3.08. The summed E-state index contributed by atoms with van der Waals surface area (Å²) in [6.45, 7) is -0.675. The second kappa shape index (κ2) is 4.79. The molecule has 0 unspecified atom stereocenters. The van der Waals surface area contributed by atoms with Gasteiger partial charge in [0.15, 0.2) is 0 Å². The average Bonchev–Trinajstić information content (AvgIpc) is 2.21. The van der Waals surface area contributed by atoms with E-state index in [1.54, 1.807) is 0 Å². The molecule has 0 saturated heterocycles. The monoisotopic (exact) mass is 269 g/mol. The van der Waals surface area contributed by atoms with E-state index in [9.17, 15) is 26.7 Å². The zero-order chi connectivity index (χ0) is 14.1. The van der Waals surface area contributed by atoms with Crippen molar-refractivity contribution in [2.75, 3.05) is 7.05 Å². The molecule has 0 saturated carbocycles. The van der Waals surface area contributed by atoms with E-state index >= 15 is 0 Å². The Labute approximate surface area is 98.4 Å². The molecule has 0 spiro atoms. The van der Waals surface area contributed by atoms with E-state index in [1.165, 1.54) is 0 Å². The van der Waals surface area contributed by atoms with Crippen molar-refractivity contribution in [2.45, 2.75) is 12.7 Å². The van der Waals surface area contributed by atoms with Crippen LogP contribution in [0.2, 0.25) is 0 Å². The lowest BCUT2D eigenvalue weighted by atomic mass is 10.1. The van der Waals surface area contributed by atoms with Gasteiger partial charge in [0.2, 0.25) is 0 Å². The van der Waals surface area contributed by atoms with Gasteiger partial charge < -0.3 is 10.0 Å². The number of rotatable bonds is 2. The molecular weight excluding hydrogens is 261 g/mol. The molecule has 1 aromatic carbocycles. The molecule has 0 fully saturated rings. The van der Waals surface area contributed by atoms with E-state index in [0.717, 1.165) is 7.05 Å². The van der Waals surface area contributed by atoms with E-state index in [2.05, 4.69) is 0 Å². The molecule has 0 aliphatic carbocycles. The van der Waals surface area contributed by atoms with E-state index < -0.39 is 41.6 Å². The number of halogens is 5. The first-order chi connectivity index (χ1) is 8.12. The zero-order valence-electron chi connectivity index (χ0n) is 9.05. The number of hydrogen-bond acceptors (Lipinski definition) is 1. The van der Waals surface area contributed by atoms with Crippen molar-refractivity contribution < 1.29 is 31.9 Å². The second-order valence-corrected chi connectivity index (χ2v) is 3.55. The SMILES string of the molecule is CN(Cc1c(F)cc(C(F)(F)F)cc1F)C(=O)O. The van der Waals surface area contributed by atoms with Crippen LogP contribution >= 0.6 is 0 Å². The summed E-state index contributed by atoms with van der Waals surface area (Å²) in [6.07, 6.45) is -6.31. The minimum Gasteiger partial charge on any atom is -0.465 e. The predicted octanol–water partition coefficient (Wildman–Crippen LogP) is 3.09. The Kier molecular flexibility index (Phi) is 3.78. The Balaban J connectivity index is 3.13. The Morgan fingerprint density at radius 3 is 2.06 bits per heavy atom. The molecular formula is C10H8F5NO2. The van der Waals surface area contributed by atoms with Crippen LogP contribution in [-0.2, 0) is 12.7 Å². The number of carbonyl (C=O) groups is 1. The largest absolute Gasteiger partial charge is 0.465 e. The molecule has 1 rings (SSSR count). The van der Waals surface area contributed by atoms with Crippen LogP contribution in [0.5, 0.6) is 0 Å². The lowest BCUT2D eigenvalue weighted by Gasteiger charge is -2.15. The van der Waals surface area contributed by atoms with Crippen LogP contribution in [0.4, 0.5) is 26.7 Å². The van der Waals surface area contributed by atoms with Crippen LogP contribution in [0.25, 0.3) is 0 Å². The summed E-state index contributed by atoms with van der Waals surface area (Å²) >= 11 is 0. The van der Waals surface area contributed by atoms with Gasteiger partial charge in [-0.2, -0.15) is 13.2 Å². The minimum atomic E-state index is -4.86. The van der Waals surface area contributed by atoms with Crippen LogP contribution < -0.4 is 0 Å². The van der Waals surface area contributed by atoms with Gasteiger partial charge in [0, 0.05) is 12.6 Å². The molecule has 1 N–H and O–H groups in total. The number of alkyl halides is 3. The maximum absolute atomic E-state index is 13.3. The highest BCUT2D eigenvalue weighted by atomic mass is 19.4. The molecule has 0 aromatic heterocycles. The number of carboxylic acid groups (broad SMARTS) is 1. The molecule has 100 valence electrons. The topological polar surface area (TPSA) is 40.5 Å². The molecule has 0 heterocycles. The molecule has 0 bridgehead atoms. The first kappa shape index (κ1) is 14.2. The number of nitrogens with zero attached hydrogens (tertiary/aromatic N) is 1. The Hall–Kier alpha value is -1.86. The average molecular weight is 269 g/mol. The first-order valence-electron chi connectivity index (χ1n) is 4.62. The Bertz CT molecular complexity index is 449. The summed E-state index contributed by atoms with van der Waals surface area (Å²) in [4.78, 5) is 11.0. The van der Waals surface area contributed by atoms with Gasteiger partial charge in [0.25, 0.3) is 0 Å². The maximum atomic E-state index is 13.3. The highest BCUT2D eigenvalue weighted by Crippen LogP contribution is 2.31. The van der Waals surface area contributed by atoms with Crippen molar-refractivity contribution >= 4 is 6.09 Å². The summed E-state index contributed by atoms with van der Waals surface area (Å²) in [5.74, 6) is -2.87. The maximum Gasteiger partial charge on any atom is 0.416 e. The van der Waals surface area contributed by atoms with Crippen molar-refractivity contribution in [2.24, 2.45) is 0 Å². The molecule has 0 radical (unpaired) electrons. The summed E-state index contributed by atoms with van der Waals surface area (Å²) in [5, 5.41) is 8.51. The van der Waals surface area contributed by atoms with E-state index in [4.69, 9.17) is 5.11 Å². The molecule has 0 atom stereocenters. The van der Waals surface area contributed by atoms with Crippen molar-refractivity contribution in [3.8, 4) is 0 Å². The van der Waals surface area contributed by atoms with Gasteiger partial charge in [-0.3, -0.25) is 0 Å². The van der Waals surface area contributed by atoms with Gasteiger partial charge >= 0.3 is 12.3 Å². The van der Waals surface area contributed by atoms with Gasteiger partial charge in [-0.25, -0.2) is 13.6 Å². The Morgan fingerprint density at radius 1 is 1.28 bits per heavy atom. The second-order valence-electron chi connectivity index (χ2n) is 3.55. The third-order valence-corrected chi connectivity index (χ3v) is 2.19. The van der Waals surface area contributed by atoms with Gasteiger partial charge in [0.1, 0.15) is 11.6 Å². The molecule has 18 heavy (non-hydrogen) atoms. The highest BCUT2D eigenvalue weighted by molar-refractivity contribution is 5.64. The van der Waals surface area contributed by atoms with Crippen molar-refractivity contribution in [3.63, 3.8) is 0 Å². The summed E-state index contributed by atoms with van der Waals surface area (Å²) in [6, 6.07) is 0.266. The van der Waals surface area contributed by atoms with Crippen molar-refractivity contribution in [3.05, 3.63) is 34.9 Å². The highest BCUT2D eigenvalue weighted by Gasteiger charge is 2.32. The van der Waals surface area contributed by atoms with Gasteiger partial charge in [-0.1, -0.05) is 0 Å². The summed E-state index contributed by atoms with van der Waals surface area (Å²) in [5.41, 5.74) is -2.19. The predicted molar refractivity (Wildman–Crippen MR) is 50.9 cm³/mol. The summed E-state index contributed by atoms with van der Waals surface area (Å²) < 4.78 is 63.3. The van der Waals surface area contributed by atoms with Crippen LogP contribution in [0.1, 0.15) is 11.1 Å². The molecule has 0 aliphatic heterocycles.